The van der Waals surface area contributed by atoms with E-state index in [4.69, 9.17) is 0 Å². The zero-order chi connectivity index (χ0) is 15.7. The van der Waals surface area contributed by atoms with Crippen LogP contribution in [-0.2, 0) is 11.2 Å². The van der Waals surface area contributed by atoms with Gasteiger partial charge in [0.05, 0.1) is 0 Å². The van der Waals surface area contributed by atoms with Gasteiger partial charge in [-0.25, -0.2) is 4.79 Å². The molecule has 22 heavy (non-hydrogen) atoms. The molecule has 1 N–H and O–H groups in total. The third-order valence-corrected chi connectivity index (χ3v) is 4.79. The first kappa shape index (κ1) is 14.9. The zero-order valence-electron chi connectivity index (χ0n) is 13.2. The molecule has 2 saturated heterocycles. The van der Waals surface area contributed by atoms with Crippen LogP contribution in [0.3, 0.4) is 0 Å². The number of hydrogen-bond acceptors (Lipinski definition) is 2. The number of amides is 3. The van der Waals surface area contributed by atoms with Crippen molar-refractivity contribution in [1.29, 1.82) is 0 Å². The Morgan fingerprint density at radius 3 is 2.91 bits per heavy atom. The fourth-order valence-electron chi connectivity index (χ4n) is 3.47. The van der Waals surface area contributed by atoms with Gasteiger partial charge in [0.1, 0.15) is 6.04 Å². The van der Waals surface area contributed by atoms with Crippen LogP contribution in [-0.4, -0.2) is 46.9 Å². The van der Waals surface area contributed by atoms with Crippen LogP contribution in [0.15, 0.2) is 24.3 Å². The zero-order valence-corrected chi connectivity index (χ0v) is 13.2. The number of rotatable bonds is 2. The van der Waals surface area contributed by atoms with E-state index in [1.807, 2.05) is 36.1 Å². The molecule has 0 radical (unpaired) electrons. The molecule has 3 amide bonds. The largest absolute Gasteiger partial charge is 0.336 e. The minimum Gasteiger partial charge on any atom is -0.336 e. The van der Waals surface area contributed by atoms with Crippen LogP contribution in [0.5, 0.6) is 0 Å². The third-order valence-electron chi connectivity index (χ3n) is 4.79. The number of urea groups is 1. The van der Waals surface area contributed by atoms with Crippen molar-refractivity contribution < 1.29 is 9.59 Å². The Kier molecular flexibility index (Phi) is 4.05. The van der Waals surface area contributed by atoms with Crippen LogP contribution in [0.2, 0.25) is 0 Å². The van der Waals surface area contributed by atoms with E-state index in [-0.39, 0.29) is 24.0 Å². The second-order valence-electron chi connectivity index (χ2n) is 6.10. The molecule has 2 aliphatic heterocycles. The van der Waals surface area contributed by atoms with Gasteiger partial charge in [-0.3, -0.25) is 4.79 Å². The minimum atomic E-state index is -0.386. The Bertz CT molecular complexity index is 587. The van der Waals surface area contributed by atoms with Crippen molar-refractivity contribution >= 4 is 17.6 Å². The molecule has 5 nitrogen and oxygen atoms in total. The van der Waals surface area contributed by atoms with Crippen molar-refractivity contribution in [3.8, 4) is 0 Å². The van der Waals surface area contributed by atoms with E-state index in [0.717, 1.165) is 37.1 Å². The Morgan fingerprint density at radius 1 is 1.36 bits per heavy atom. The third kappa shape index (κ3) is 2.56. The van der Waals surface area contributed by atoms with Crippen molar-refractivity contribution in [2.75, 3.05) is 18.4 Å². The number of benzene rings is 1. The van der Waals surface area contributed by atoms with Crippen LogP contribution in [0.1, 0.15) is 32.3 Å². The topological polar surface area (TPSA) is 52.7 Å². The van der Waals surface area contributed by atoms with E-state index in [1.54, 1.807) is 4.90 Å². The highest BCUT2D eigenvalue weighted by Gasteiger charge is 2.42. The molecular weight excluding hydrogens is 278 g/mol. The van der Waals surface area contributed by atoms with Gasteiger partial charge in [0.25, 0.3) is 0 Å². The fraction of sp³-hybridized carbons (Fsp3) is 0.529. The summed E-state index contributed by atoms with van der Waals surface area (Å²) in [6.45, 7) is 5.35. The quantitative estimate of drug-likeness (QED) is 0.912. The fourth-order valence-corrected chi connectivity index (χ4v) is 3.47. The number of fused-ring (bicyclic) bond motifs is 1. The molecule has 0 bridgehead atoms. The summed E-state index contributed by atoms with van der Waals surface area (Å²) >= 11 is 0. The van der Waals surface area contributed by atoms with Crippen molar-refractivity contribution in [2.45, 2.75) is 45.2 Å². The van der Waals surface area contributed by atoms with Crippen molar-refractivity contribution in [2.24, 2.45) is 0 Å². The molecule has 2 heterocycles. The number of hydrogen-bond donors (Lipinski definition) is 1. The van der Waals surface area contributed by atoms with Crippen LogP contribution in [0, 0.1) is 0 Å². The maximum Gasteiger partial charge on any atom is 0.322 e. The number of anilines is 1. The summed E-state index contributed by atoms with van der Waals surface area (Å²) in [4.78, 5) is 28.6. The van der Waals surface area contributed by atoms with Crippen molar-refractivity contribution in [3.63, 3.8) is 0 Å². The molecule has 0 saturated carbocycles. The van der Waals surface area contributed by atoms with E-state index >= 15 is 0 Å². The van der Waals surface area contributed by atoms with E-state index in [0.29, 0.717) is 6.54 Å². The standard InChI is InChI=1S/C17H23N3O2/c1-3-13-7-4-5-9-15(13)18-17(22)20-11-14-8-6-10-19(14)16(21)12(20)2/h4-5,7,9,12,14H,3,6,8,10-11H2,1-2H3,(H,18,22)/t12-,14+/m0/s1. The van der Waals surface area contributed by atoms with Crippen LogP contribution in [0.4, 0.5) is 10.5 Å². The molecule has 0 aliphatic carbocycles. The summed E-state index contributed by atoms with van der Waals surface area (Å²) in [5.74, 6) is 0.0766. The molecule has 1 aromatic carbocycles. The number of piperazine rings is 1. The second-order valence-corrected chi connectivity index (χ2v) is 6.10. The molecule has 3 rings (SSSR count). The first-order chi connectivity index (χ1) is 10.6. The van der Waals surface area contributed by atoms with Crippen LogP contribution in [0.25, 0.3) is 0 Å². The van der Waals surface area contributed by atoms with Gasteiger partial charge < -0.3 is 15.1 Å². The lowest BCUT2D eigenvalue weighted by molar-refractivity contribution is -0.140. The molecule has 0 aromatic heterocycles. The van der Waals surface area contributed by atoms with Crippen LogP contribution >= 0.6 is 0 Å². The molecule has 2 atom stereocenters. The number of para-hydroxylation sites is 1. The van der Waals surface area contributed by atoms with Gasteiger partial charge in [0.15, 0.2) is 0 Å². The van der Waals surface area contributed by atoms with Gasteiger partial charge in [0.2, 0.25) is 5.91 Å². The minimum absolute atomic E-state index is 0.0766. The Morgan fingerprint density at radius 2 is 2.14 bits per heavy atom. The summed E-state index contributed by atoms with van der Waals surface area (Å²) < 4.78 is 0. The van der Waals surface area contributed by atoms with Crippen molar-refractivity contribution in [1.82, 2.24) is 9.80 Å². The second kappa shape index (κ2) is 5.99. The van der Waals surface area contributed by atoms with Gasteiger partial charge >= 0.3 is 6.03 Å². The molecule has 0 spiro atoms. The molecular formula is C17H23N3O2. The molecule has 1 aromatic rings. The molecule has 2 aliphatic rings. The van der Waals surface area contributed by atoms with Crippen molar-refractivity contribution in [3.05, 3.63) is 29.8 Å². The lowest BCUT2D eigenvalue weighted by atomic mass is 10.1. The van der Waals surface area contributed by atoms with E-state index in [9.17, 15) is 9.59 Å². The molecule has 5 heteroatoms. The molecule has 118 valence electrons. The average molecular weight is 301 g/mol. The maximum absolute atomic E-state index is 12.6. The Balaban J connectivity index is 1.75. The highest BCUT2D eigenvalue weighted by atomic mass is 16.2. The summed E-state index contributed by atoms with van der Waals surface area (Å²) in [5, 5.41) is 2.98. The maximum atomic E-state index is 12.6. The first-order valence-corrected chi connectivity index (χ1v) is 8.07. The highest BCUT2D eigenvalue weighted by Crippen LogP contribution is 2.26. The Hall–Kier alpha value is -2.04. The summed E-state index contributed by atoms with van der Waals surface area (Å²) in [6, 6.07) is 7.44. The lowest BCUT2D eigenvalue weighted by Gasteiger charge is -2.41. The average Bonchev–Trinajstić information content (AvgIpc) is 3.00. The van der Waals surface area contributed by atoms with Gasteiger partial charge in [0, 0.05) is 24.8 Å². The number of carbonyl (C=O) groups excluding carboxylic acids is 2. The van der Waals surface area contributed by atoms with Gasteiger partial charge in [-0.2, -0.15) is 0 Å². The number of nitrogens with zero attached hydrogens (tertiary/aromatic N) is 2. The first-order valence-electron chi connectivity index (χ1n) is 8.07. The normalized spacial score (nSPS) is 24.4. The number of aryl methyl sites for hydroxylation is 1. The van der Waals surface area contributed by atoms with E-state index < -0.39 is 0 Å². The monoisotopic (exact) mass is 301 g/mol. The van der Waals surface area contributed by atoms with Gasteiger partial charge in [-0.15, -0.1) is 0 Å². The predicted octanol–water partition coefficient (Wildman–Crippen LogP) is 2.48. The van der Waals surface area contributed by atoms with E-state index in [2.05, 4.69) is 12.2 Å². The number of carbonyl (C=O) groups is 2. The SMILES string of the molecule is CCc1ccccc1NC(=O)N1C[C@H]2CCCN2C(=O)[C@@H]1C. The molecule has 0 unspecified atom stereocenters. The van der Waals surface area contributed by atoms with E-state index in [1.165, 1.54) is 0 Å². The smallest absolute Gasteiger partial charge is 0.322 e. The Labute approximate surface area is 131 Å². The predicted molar refractivity (Wildman–Crippen MR) is 85.7 cm³/mol. The summed E-state index contributed by atoms with van der Waals surface area (Å²) in [7, 11) is 0. The summed E-state index contributed by atoms with van der Waals surface area (Å²) in [6.07, 6.45) is 2.90. The molecule has 2 fully saturated rings. The van der Waals surface area contributed by atoms with Gasteiger partial charge in [-0.05, 0) is 37.8 Å². The highest BCUT2D eigenvalue weighted by molar-refractivity contribution is 5.95. The van der Waals surface area contributed by atoms with Crippen LogP contribution < -0.4 is 5.32 Å². The lowest BCUT2D eigenvalue weighted by Crippen LogP contribution is -2.60. The van der Waals surface area contributed by atoms with Gasteiger partial charge in [-0.1, -0.05) is 25.1 Å². The number of nitrogens with one attached hydrogen (secondary N) is 1. The summed E-state index contributed by atoms with van der Waals surface area (Å²) in [5.41, 5.74) is 1.94.